The molecular weight excluding hydrogens is 789 g/mol. The van der Waals surface area contributed by atoms with Crippen molar-refractivity contribution < 1.29 is 47.6 Å². The highest BCUT2D eigenvalue weighted by atomic mass is 16.6. The number of aliphatic hydroxyl groups is 1. The molecule has 3 aromatic rings. The van der Waals surface area contributed by atoms with Crippen molar-refractivity contribution in [1.29, 1.82) is 5.41 Å². The molecule has 0 aromatic heterocycles. The van der Waals surface area contributed by atoms with Crippen molar-refractivity contribution in [3.8, 4) is 17.2 Å². The van der Waals surface area contributed by atoms with E-state index >= 15 is 0 Å². The van der Waals surface area contributed by atoms with Crippen LogP contribution in [0.4, 0.5) is 0 Å². The molecule has 3 aliphatic rings. The first kappa shape index (κ1) is 47.7. The summed E-state index contributed by atoms with van der Waals surface area (Å²) in [5.41, 5.74) is 22.8. The fraction of sp³-hybridized carbons (Fsp3) is 0.533. The Kier molecular flexibility index (Phi) is 18.3. The topological polar surface area (TPSA) is 216 Å². The van der Waals surface area contributed by atoms with Gasteiger partial charge in [-0.15, -0.1) is 0 Å². The van der Waals surface area contributed by atoms with Crippen LogP contribution in [0.3, 0.4) is 0 Å². The highest BCUT2D eigenvalue weighted by Crippen LogP contribution is 2.35. The number of nitrogens with one attached hydrogen (secondary N) is 1. The molecule has 3 aliphatic heterocycles. The highest BCUT2D eigenvalue weighted by Gasteiger charge is 2.43. The molecule has 0 saturated heterocycles. The zero-order chi connectivity index (χ0) is 43.9. The minimum atomic E-state index is -1.09. The van der Waals surface area contributed by atoms with Gasteiger partial charge in [-0.1, -0.05) is 55.5 Å². The fourth-order valence-electron chi connectivity index (χ4n) is 8.66. The summed E-state index contributed by atoms with van der Waals surface area (Å²) in [5, 5.41) is 27.5. The Morgan fingerprint density at radius 1 is 0.758 bits per heavy atom. The van der Waals surface area contributed by atoms with Gasteiger partial charge >= 0.3 is 21.4 Å². The molecule has 5 unspecified atom stereocenters. The average molecular weight is 854 g/mol. The summed E-state index contributed by atoms with van der Waals surface area (Å²) in [6.45, 7) is 6.68. The Labute approximate surface area is 368 Å². The van der Waals surface area contributed by atoms with E-state index in [0.29, 0.717) is 101 Å². The lowest BCUT2D eigenvalue weighted by atomic mass is 9.77. The summed E-state index contributed by atoms with van der Waals surface area (Å²) in [7, 11) is -2.39. The van der Waals surface area contributed by atoms with Crippen molar-refractivity contribution in [1.82, 2.24) is 0 Å². The van der Waals surface area contributed by atoms with Crippen LogP contribution in [-0.2, 0) is 23.3 Å². The smallest absolute Gasteiger partial charge is 0.494 e. The Hall–Kier alpha value is -3.74. The predicted octanol–water partition coefficient (Wildman–Crippen LogP) is 3.53. The Bertz CT molecular complexity index is 1910. The summed E-state index contributed by atoms with van der Waals surface area (Å²) in [4.78, 5) is 0. The lowest BCUT2D eigenvalue weighted by Gasteiger charge is -2.34. The molecule has 17 heteroatoms. The van der Waals surface area contributed by atoms with Gasteiger partial charge < -0.3 is 70.2 Å². The number of ether oxygens (including phenoxy) is 3. The standard InChI is InChI=1S/C45H65B3N4O10/c1-3-5-21-45(4-2,22-11-26-57-47-43-34(40(29-51)61-47)15-9-18-37(43)55-25-12-24-53)59-38-19-10-16-35-41(30-52)62-48(44(35)38)58-27-20-32(13-6-7-23-49)31-56-36-17-8-14-33-39(28-50)60-46(54)42(33)36/h3,5,8-10,14-19,23,32,39-41,49,53-54H,4,6-7,11-13,20-22,24-31,50-52H2,1-2H3/b5-3-,49-23?. The molecule has 14 nitrogen and oxygen atoms in total. The molecular formula is C45H65B3N4O10. The molecule has 3 aromatic carbocycles. The SMILES string of the molecule is C/C=C\CC(CC)(CCCOB1OC(CN)c2cccc(OCCCO)c21)Oc1cccc2c1B(OCCC(CCCC=N)COc1cccc3c1B(O)OC3CN)OC2CN. The van der Waals surface area contributed by atoms with Crippen LogP contribution in [0, 0.1) is 11.3 Å². The van der Waals surface area contributed by atoms with Gasteiger partial charge in [-0.05, 0) is 98.9 Å². The van der Waals surface area contributed by atoms with Crippen LogP contribution >= 0.6 is 0 Å². The molecule has 0 saturated carbocycles. The van der Waals surface area contributed by atoms with Gasteiger partial charge in [0.15, 0.2) is 0 Å². The number of nitrogens with two attached hydrogens (primary N) is 3. The zero-order valence-corrected chi connectivity index (χ0v) is 36.4. The molecule has 62 heavy (non-hydrogen) atoms. The number of unbranched alkanes of at least 4 members (excludes halogenated alkanes) is 1. The second-order valence-electron chi connectivity index (χ2n) is 16.2. The minimum absolute atomic E-state index is 0.0491. The second-order valence-corrected chi connectivity index (χ2v) is 16.2. The molecule has 3 heterocycles. The van der Waals surface area contributed by atoms with Gasteiger partial charge in [0, 0.05) is 68.7 Å². The number of benzene rings is 3. The summed E-state index contributed by atoms with van der Waals surface area (Å²) in [6, 6.07) is 17.5. The zero-order valence-electron chi connectivity index (χ0n) is 36.4. The second kappa shape index (κ2) is 23.8. The van der Waals surface area contributed by atoms with Crippen LogP contribution < -0.4 is 47.8 Å². The van der Waals surface area contributed by atoms with E-state index in [4.69, 9.17) is 60.1 Å². The molecule has 0 amide bonds. The maximum absolute atomic E-state index is 10.7. The number of fused-ring (bicyclic) bond motifs is 3. The van der Waals surface area contributed by atoms with Gasteiger partial charge in [0.05, 0.1) is 31.5 Å². The third-order valence-corrected chi connectivity index (χ3v) is 12.1. The fourth-order valence-corrected chi connectivity index (χ4v) is 8.66. The van der Waals surface area contributed by atoms with Crippen LogP contribution in [0.25, 0.3) is 0 Å². The maximum Gasteiger partial charge on any atom is 0.498 e. The maximum atomic E-state index is 10.7. The third kappa shape index (κ3) is 11.5. The Balaban J connectivity index is 1.12. The van der Waals surface area contributed by atoms with Gasteiger partial charge in [-0.2, -0.15) is 0 Å². The van der Waals surface area contributed by atoms with E-state index in [1.54, 1.807) is 0 Å². The molecule has 0 spiro atoms. The van der Waals surface area contributed by atoms with Crippen LogP contribution in [0.15, 0.2) is 66.7 Å². The molecule has 334 valence electrons. The van der Waals surface area contributed by atoms with Gasteiger partial charge in [0.1, 0.15) is 22.8 Å². The first-order valence-electron chi connectivity index (χ1n) is 22.4. The number of rotatable bonds is 28. The number of hydrogen-bond acceptors (Lipinski definition) is 14. The highest BCUT2D eigenvalue weighted by molar-refractivity contribution is 6.64. The van der Waals surface area contributed by atoms with Crippen molar-refractivity contribution in [2.75, 3.05) is 52.7 Å². The normalized spacial score (nSPS) is 19.4. The summed E-state index contributed by atoms with van der Waals surface area (Å²) >= 11 is 0. The third-order valence-electron chi connectivity index (χ3n) is 12.1. The Morgan fingerprint density at radius 3 is 1.97 bits per heavy atom. The first-order chi connectivity index (χ1) is 30.3. The number of hydrogen-bond donors (Lipinski definition) is 6. The monoisotopic (exact) mass is 854 g/mol. The van der Waals surface area contributed by atoms with Crippen molar-refractivity contribution in [3.63, 3.8) is 0 Å². The van der Waals surface area contributed by atoms with Gasteiger partial charge in [-0.3, -0.25) is 0 Å². The molecule has 5 atom stereocenters. The minimum Gasteiger partial charge on any atom is -0.494 e. The van der Waals surface area contributed by atoms with Gasteiger partial charge in [-0.25, -0.2) is 0 Å². The van der Waals surface area contributed by atoms with Gasteiger partial charge in [0.2, 0.25) is 0 Å². The summed E-state index contributed by atoms with van der Waals surface area (Å²) < 4.78 is 50.9. The van der Waals surface area contributed by atoms with Crippen LogP contribution in [-0.4, -0.2) is 96.0 Å². The van der Waals surface area contributed by atoms with E-state index in [0.717, 1.165) is 46.9 Å². The van der Waals surface area contributed by atoms with E-state index in [1.165, 1.54) is 6.21 Å². The van der Waals surface area contributed by atoms with Crippen molar-refractivity contribution in [2.24, 2.45) is 23.1 Å². The van der Waals surface area contributed by atoms with E-state index in [2.05, 4.69) is 13.0 Å². The lowest BCUT2D eigenvalue weighted by Crippen LogP contribution is -2.41. The van der Waals surface area contributed by atoms with Crippen LogP contribution in [0.5, 0.6) is 17.2 Å². The van der Waals surface area contributed by atoms with E-state index in [1.807, 2.05) is 67.6 Å². The van der Waals surface area contributed by atoms with Crippen molar-refractivity contribution in [3.05, 3.63) is 83.4 Å². The lowest BCUT2D eigenvalue weighted by molar-refractivity contribution is 0.0506. The van der Waals surface area contributed by atoms with Crippen LogP contribution in [0.1, 0.15) is 107 Å². The quantitative estimate of drug-likeness (QED) is 0.0267. The molecule has 0 fully saturated rings. The molecule has 0 aliphatic carbocycles. The first-order valence-corrected chi connectivity index (χ1v) is 22.4. The van der Waals surface area contributed by atoms with E-state index in [-0.39, 0.29) is 37.4 Å². The Morgan fingerprint density at radius 2 is 1.35 bits per heavy atom. The van der Waals surface area contributed by atoms with Crippen molar-refractivity contribution >= 4 is 44.0 Å². The average Bonchev–Trinajstić information content (AvgIpc) is 3.97. The van der Waals surface area contributed by atoms with E-state index < -0.39 is 27.0 Å². The largest absolute Gasteiger partial charge is 0.498 e. The summed E-state index contributed by atoms with van der Waals surface area (Å²) in [6.07, 6.45) is 11.0. The number of aliphatic hydroxyl groups excluding tert-OH is 1. The molecule has 6 rings (SSSR count). The summed E-state index contributed by atoms with van der Waals surface area (Å²) in [5.74, 6) is 2.08. The van der Waals surface area contributed by atoms with Crippen molar-refractivity contribution in [2.45, 2.75) is 95.5 Å². The predicted molar refractivity (Wildman–Crippen MR) is 244 cm³/mol. The number of allylic oxidation sites excluding steroid dienone is 1. The molecule has 0 bridgehead atoms. The van der Waals surface area contributed by atoms with Gasteiger partial charge in [0.25, 0.3) is 0 Å². The van der Waals surface area contributed by atoms with Crippen LogP contribution in [0.2, 0.25) is 0 Å². The molecule has 0 radical (unpaired) electrons. The molecule has 9 N–H and O–H groups in total. The van der Waals surface area contributed by atoms with E-state index in [9.17, 15) is 10.1 Å².